The van der Waals surface area contributed by atoms with Crippen molar-refractivity contribution < 1.29 is 23.1 Å². The Morgan fingerprint density at radius 1 is 1.47 bits per heavy atom. The van der Waals surface area contributed by atoms with Gasteiger partial charge in [-0.3, -0.25) is 4.90 Å². The number of amides is 1. The van der Waals surface area contributed by atoms with Gasteiger partial charge in [0, 0.05) is 6.54 Å². The smallest absolute Gasteiger partial charge is 0.410 e. The van der Waals surface area contributed by atoms with Crippen molar-refractivity contribution in [1.29, 1.82) is 0 Å². The van der Waals surface area contributed by atoms with E-state index >= 15 is 0 Å². The molecule has 17 heavy (non-hydrogen) atoms. The topological polar surface area (TPSA) is 83.9 Å². The zero-order chi connectivity index (χ0) is 12.5. The molecule has 7 heteroatoms. The van der Waals surface area contributed by atoms with E-state index in [9.17, 15) is 13.2 Å². The lowest BCUT2D eigenvalue weighted by Gasteiger charge is -2.28. The number of aliphatic hydroxyl groups excluding tert-OH is 1. The first-order chi connectivity index (χ1) is 8.02. The summed E-state index contributed by atoms with van der Waals surface area (Å²) in [5.41, 5.74) is 0. The maximum Gasteiger partial charge on any atom is 0.410 e. The number of carbonyl (C=O) groups is 1. The van der Waals surface area contributed by atoms with Crippen molar-refractivity contribution in [2.75, 3.05) is 31.3 Å². The Labute approximate surface area is 100 Å². The lowest BCUT2D eigenvalue weighted by molar-refractivity contribution is 0.145. The SMILES string of the molecule is O=C1OCC(CO)N1CC1CCCS(=O)(=O)C1. The van der Waals surface area contributed by atoms with Crippen LogP contribution >= 0.6 is 0 Å². The maximum absolute atomic E-state index is 11.5. The minimum atomic E-state index is -2.96. The van der Waals surface area contributed by atoms with Gasteiger partial charge < -0.3 is 9.84 Å². The molecule has 1 N–H and O–H groups in total. The Morgan fingerprint density at radius 3 is 2.88 bits per heavy atom. The molecule has 2 aliphatic rings. The van der Waals surface area contributed by atoms with Gasteiger partial charge in [0.2, 0.25) is 0 Å². The summed E-state index contributed by atoms with van der Waals surface area (Å²) in [7, 11) is -2.96. The predicted molar refractivity (Wildman–Crippen MR) is 60.3 cm³/mol. The third kappa shape index (κ3) is 2.90. The van der Waals surface area contributed by atoms with Gasteiger partial charge in [0.15, 0.2) is 9.84 Å². The average Bonchev–Trinajstić information content (AvgIpc) is 2.59. The molecule has 0 spiro atoms. The molecule has 0 aliphatic carbocycles. The summed E-state index contributed by atoms with van der Waals surface area (Å²) in [5.74, 6) is 0.347. The molecule has 2 rings (SSSR count). The average molecular weight is 263 g/mol. The molecule has 2 atom stereocenters. The molecule has 0 bridgehead atoms. The number of sulfone groups is 1. The lowest BCUT2D eigenvalue weighted by atomic mass is 10.0. The lowest BCUT2D eigenvalue weighted by Crippen LogP contribution is -2.42. The summed E-state index contributed by atoms with van der Waals surface area (Å²) < 4.78 is 27.8. The van der Waals surface area contributed by atoms with Crippen LogP contribution in [0, 0.1) is 5.92 Å². The van der Waals surface area contributed by atoms with Crippen LogP contribution in [-0.4, -0.2) is 61.8 Å². The first kappa shape index (κ1) is 12.6. The van der Waals surface area contributed by atoms with Gasteiger partial charge in [-0.05, 0) is 18.8 Å². The predicted octanol–water partition coefficient (Wildman–Crippen LogP) is -0.376. The molecular weight excluding hydrogens is 246 g/mol. The quantitative estimate of drug-likeness (QED) is 0.750. The number of cyclic esters (lactones) is 1. The van der Waals surface area contributed by atoms with Crippen molar-refractivity contribution in [2.45, 2.75) is 18.9 Å². The second-order valence-corrected chi connectivity index (χ2v) is 6.92. The third-order valence-corrected chi connectivity index (χ3v) is 5.19. The van der Waals surface area contributed by atoms with Crippen molar-refractivity contribution >= 4 is 15.9 Å². The van der Waals surface area contributed by atoms with Crippen LogP contribution in [0.25, 0.3) is 0 Å². The van der Waals surface area contributed by atoms with E-state index in [1.807, 2.05) is 0 Å². The summed E-state index contributed by atoms with van der Waals surface area (Å²) in [6.07, 6.45) is 1.01. The van der Waals surface area contributed by atoms with Crippen molar-refractivity contribution in [3.63, 3.8) is 0 Å². The van der Waals surface area contributed by atoms with Crippen LogP contribution in [-0.2, 0) is 14.6 Å². The molecule has 0 saturated carbocycles. The summed E-state index contributed by atoms with van der Waals surface area (Å²) in [6, 6.07) is -0.327. The molecule has 2 unspecified atom stereocenters. The van der Waals surface area contributed by atoms with E-state index in [1.165, 1.54) is 4.90 Å². The highest BCUT2D eigenvalue weighted by molar-refractivity contribution is 7.91. The zero-order valence-corrected chi connectivity index (χ0v) is 10.4. The van der Waals surface area contributed by atoms with E-state index < -0.39 is 15.9 Å². The van der Waals surface area contributed by atoms with E-state index in [4.69, 9.17) is 9.84 Å². The molecule has 0 aromatic heterocycles. The monoisotopic (exact) mass is 263 g/mol. The number of nitrogens with zero attached hydrogens (tertiary/aromatic N) is 1. The molecule has 0 aromatic carbocycles. The number of rotatable bonds is 3. The van der Waals surface area contributed by atoms with Crippen LogP contribution < -0.4 is 0 Å². The summed E-state index contributed by atoms with van der Waals surface area (Å²) in [4.78, 5) is 12.9. The Bertz CT molecular complexity index is 394. The standard InChI is InChI=1S/C10H17NO5S/c12-5-9-6-16-10(13)11(9)4-8-2-1-3-17(14,15)7-8/h8-9,12H,1-7H2. The Hall–Kier alpha value is -0.820. The van der Waals surface area contributed by atoms with Crippen molar-refractivity contribution in [3.05, 3.63) is 0 Å². The van der Waals surface area contributed by atoms with Gasteiger partial charge in [-0.25, -0.2) is 13.2 Å². The first-order valence-corrected chi connectivity index (χ1v) is 7.58. The van der Waals surface area contributed by atoms with Gasteiger partial charge in [-0.15, -0.1) is 0 Å². The minimum absolute atomic E-state index is 0.0338. The molecular formula is C10H17NO5S. The molecule has 2 fully saturated rings. The van der Waals surface area contributed by atoms with Crippen LogP contribution in [0.15, 0.2) is 0 Å². The molecule has 1 amide bonds. The van der Waals surface area contributed by atoms with Crippen LogP contribution in [0.1, 0.15) is 12.8 Å². The highest BCUT2D eigenvalue weighted by atomic mass is 32.2. The molecule has 2 aliphatic heterocycles. The highest BCUT2D eigenvalue weighted by Gasteiger charge is 2.35. The van der Waals surface area contributed by atoms with Gasteiger partial charge in [-0.1, -0.05) is 0 Å². The van der Waals surface area contributed by atoms with E-state index in [0.717, 1.165) is 6.42 Å². The van der Waals surface area contributed by atoms with Crippen molar-refractivity contribution in [2.24, 2.45) is 5.92 Å². The molecule has 0 aromatic rings. The van der Waals surface area contributed by atoms with Gasteiger partial charge in [0.1, 0.15) is 6.61 Å². The highest BCUT2D eigenvalue weighted by Crippen LogP contribution is 2.22. The number of hydrogen-bond donors (Lipinski definition) is 1. The third-order valence-electron chi connectivity index (χ3n) is 3.30. The first-order valence-electron chi connectivity index (χ1n) is 5.76. The number of carbonyl (C=O) groups excluding carboxylic acids is 1. The Balaban J connectivity index is 1.98. The van der Waals surface area contributed by atoms with Gasteiger partial charge in [0.05, 0.1) is 24.2 Å². The number of aliphatic hydroxyl groups is 1. The van der Waals surface area contributed by atoms with Crippen molar-refractivity contribution in [3.8, 4) is 0 Å². The molecule has 2 heterocycles. The van der Waals surface area contributed by atoms with E-state index in [-0.39, 0.29) is 36.7 Å². The fourth-order valence-corrected chi connectivity index (χ4v) is 4.17. The van der Waals surface area contributed by atoms with E-state index in [0.29, 0.717) is 13.0 Å². The summed E-state index contributed by atoms with van der Waals surface area (Å²) >= 11 is 0. The molecule has 0 radical (unpaired) electrons. The van der Waals surface area contributed by atoms with Crippen LogP contribution in [0.3, 0.4) is 0 Å². The van der Waals surface area contributed by atoms with Crippen LogP contribution in [0.4, 0.5) is 4.79 Å². The van der Waals surface area contributed by atoms with Crippen molar-refractivity contribution in [1.82, 2.24) is 4.90 Å². The normalized spacial score (nSPS) is 32.5. The van der Waals surface area contributed by atoms with Gasteiger partial charge in [0.25, 0.3) is 0 Å². The fourth-order valence-electron chi connectivity index (χ4n) is 2.40. The Kier molecular flexibility index (Phi) is 3.58. The van der Waals surface area contributed by atoms with E-state index in [1.54, 1.807) is 0 Å². The fraction of sp³-hybridized carbons (Fsp3) is 0.900. The van der Waals surface area contributed by atoms with Gasteiger partial charge >= 0.3 is 6.09 Å². The second-order valence-electron chi connectivity index (χ2n) is 4.69. The number of ether oxygens (including phenoxy) is 1. The summed E-state index contributed by atoms with van der Waals surface area (Å²) in [5, 5.41) is 9.09. The summed E-state index contributed by atoms with van der Waals surface area (Å²) in [6.45, 7) is 0.406. The maximum atomic E-state index is 11.5. The largest absolute Gasteiger partial charge is 0.447 e. The zero-order valence-electron chi connectivity index (χ0n) is 9.54. The Morgan fingerprint density at radius 2 is 2.24 bits per heavy atom. The number of hydrogen-bond acceptors (Lipinski definition) is 5. The van der Waals surface area contributed by atoms with Crippen LogP contribution in [0.5, 0.6) is 0 Å². The molecule has 6 nitrogen and oxygen atoms in total. The molecule has 2 saturated heterocycles. The molecule has 98 valence electrons. The van der Waals surface area contributed by atoms with Gasteiger partial charge in [-0.2, -0.15) is 0 Å². The second kappa shape index (κ2) is 4.81. The minimum Gasteiger partial charge on any atom is -0.447 e. The van der Waals surface area contributed by atoms with E-state index in [2.05, 4.69) is 0 Å². The van der Waals surface area contributed by atoms with Crippen LogP contribution in [0.2, 0.25) is 0 Å².